The first-order valence-corrected chi connectivity index (χ1v) is 5.72. The lowest BCUT2D eigenvalue weighted by atomic mass is 10.2. The molecular formula is C11H22N2O4. The Morgan fingerprint density at radius 2 is 1.88 bits per heavy atom. The van der Waals surface area contributed by atoms with Crippen molar-refractivity contribution in [2.75, 3.05) is 13.2 Å². The quantitative estimate of drug-likeness (QED) is 0.420. The molecule has 17 heavy (non-hydrogen) atoms. The van der Waals surface area contributed by atoms with E-state index in [4.69, 9.17) is 9.47 Å². The first-order chi connectivity index (χ1) is 7.85. The van der Waals surface area contributed by atoms with Crippen LogP contribution < -0.4 is 10.9 Å². The summed E-state index contributed by atoms with van der Waals surface area (Å²) in [5.74, 6) is -0.230. The summed E-state index contributed by atoms with van der Waals surface area (Å²) in [5.41, 5.74) is 4.54. The topological polar surface area (TPSA) is 76.7 Å². The summed E-state index contributed by atoms with van der Waals surface area (Å²) < 4.78 is 9.76. The number of ether oxygens (including phenoxy) is 2. The number of hydrogen-bond donors (Lipinski definition) is 2. The second-order valence-corrected chi connectivity index (χ2v) is 4.46. The van der Waals surface area contributed by atoms with Crippen LogP contribution in [-0.4, -0.2) is 30.8 Å². The minimum atomic E-state index is -0.534. The highest BCUT2D eigenvalue weighted by atomic mass is 16.6. The second-order valence-electron chi connectivity index (χ2n) is 4.46. The Hall–Kier alpha value is -1.30. The van der Waals surface area contributed by atoms with Gasteiger partial charge in [-0.2, -0.15) is 0 Å². The van der Waals surface area contributed by atoms with E-state index in [1.165, 1.54) is 0 Å². The highest BCUT2D eigenvalue weighted by Gasteiger charge is 2.15. The predicted octanol–water partition coefficient (Wildman–Crippen LogP) is 1.36. The molecule has 0 fully saturated rings. The maximum atomic E-state index is 11.2. The second kappa shape index (κ2) is 7.89. The average molecular weight is 246 g/mol. The van der Waals surface area contributed by atoms with Gasteiger partial charge in [-0.25, -0.2) is 10.2 Å². The van der Waals surface area contributed by atoms with Gasteiger partial charge < -0.3 is 9.47 Å². The number of hydrogen-bond acceptors (Lipinski definition) is 5. The van der Waals surface area contributed by atoms with Crippen LogP contribution in [0.25, 0.3) is 0 Å². The van der Waals surface area contributed by atoms with Crippen molar-refractivity contribution in [1.29, 1.82) is 0 Å². The van der Waals surface area contributed by atoms with Crippen molar-refractivity contribution in [3.8, 4) is 0 Å². The molecule has 0 aliphatic carbocycles. The fraction of sp³-hybridized carbons (Fsp3) is 0.818. The van der Waals surface area contributed by atoms with Crippen molar-refractivity contribution in [2.24, 2.45) is 0 Å². The molecule has 2 N–H and O–H groups in total. The summed E-state index contributed by atoms with van der Waals surface area (Å²) in [7, 11) is 0. The fourth-order valence-electron chi connectivity index (χ4n) is 0.993. The molecule has 0 aromatic carbocycles. The standard InChI is InChI=1S/C11H22N2O4/c1-5-16-9(14)7-6-8-12-13-10(15)17-11(2,3)4/h12H,5-8H2,1-4H3,(H,13,15). The molecule has 0 rings (SSSR count). The van der Waals surface area contributed by atoms with E-state index in [1.807, 2.05) is 0 Å². The van der Waals surface area contributed by atoms with Crippen molar-refractivity contribution >= 4 is 12.1 Å². The van der Waals surface area contributed by atoms with E-state index < -0.39 is 11.7 Å². The molecule has 0 heterocycles. The van der Waals surface area contributed by atoms with Gasteiger partial charge in [0, 0.05) is 13.0 Å². The molecule has 0 saturated carbocycles. The number of amides is 1. The van der Waals surface area contributed by atoms with Gasteiger partial charge in [-0.3, -0.25) is 10.2 Å². The van der Waals surface area contributed by atoms with Crippen molar-refractivity contribution in [3.05, 3.63) is 0 Å². The highest BCUT2D eigenvalue weighted by Crippen LogP contribution is 2.05. The van der Waals surface area contributed by atoms with Gasteiger partial charge in [0.1, 0.15) is 5.60 Å². The van der Waals surface area contributed by atoms with Gasteiger partial charge in [-0.1, -0.05) is 0 Å². The summed E-state index contributed by atoms with van der Waals surface area (Å²) >= 11 is 0. The molecule has 0 aromatic heterocycles. The maximum absolute atomic E-state index is 11.2. The van der Waals surface area contributed by atoms with Crippen LogP contribution in [0.5, 0.6) is 0 Å². The zero-order valence-corrected chi connectivity index (χ0v) is 11.0. The van der Waals surface area contributed by atoms with Crippen molar-refractivity contribution in [1.82, 2.24) is 10.9 Å². The zero-order chi connectivity index (χ0) is 13.3. The summed E-state index contributed by atoms with van der Waals surface area (Å²) in [6, 6.07) is 0. The number of carbonyl (C=O) groups excluding carboxylic acids is 2. The molecule has 0 saturated heterocycles. The number of carbonyl (C=O) groups is 2. The first kappa shape index (κ1) is 15.7. The monoisotopic (exact) mass is 246 g/mol. The van der Waals surface area contributed by atoms with Crippen LogP contribution in [-0.2, 0) is 14.3 Å². The largest absolute Gasteiger partial charge is 0.466 e. The summed E-state index contributed by atoms with van der Waals surface area (Å²) in [6.45, 7) is 7.99. The zero-order valence-electron chi connectivity index (χ0n) is 11.0. The van der Waals surface area contributed by atoms with Crippen molar-refractivity contribution < 1.29 is 19.1 Å². The van der Waals surface area contributed by atoms with Crippen molar-refractivity contribution in [2.45, 2.75) is 46.1 Å². The molecule has 0 unspecified atom stereocenters. The van der Waals surface area contributed by atoms with Crippen LogP contribution in [0, 0.1) is 0 Å². The number of rotatable bonds is 6. The lowest BCUT2D eigenvalue weighted by molar-refractivity contribution is -0.143. The van der Waals surface area contributed by atoms with Crippen LogP contribution >= 0.6 is 0 Å². The number of esters is 1. The number of nitrogens with one attached hydrogen (secondary N) is 2. The summed E-state index contributed by atoms with van der Waals surface area (Å²) in [4.78, 5) is 22.1. The van der Waals surface area contributed by atoms with Gasteiger partial charge in [-0.05, 0) is 34.1 Å². The van der Waals surface area contributed by atoms with Gasteiger partial charge in [0.25, 0.3) is 0 Å². The molecule has 1 amide bonds. The van der Waals surface area contributed by atoms with E-state index in [1.54, 1.807) is 27.7 Å². The van der Waals surface area contributed by atoms with Crippen LogP contribution in [0.4, 0.5) is 4.79 Å². The lowest BCUT2D eigenvalue weighted by Crippen LogP contribution is -2.41. The SMILES string of the molecule is CCOC(=O)CCCNNC(=O)OC(C)(C)C. The van der Waals surface area contributed by atoms with Gasteiger partial charge in [-0.15, -0.1) is 0 Å². The van der Waals surface area contributed by atoms with E-state index in [2.05, 4.69) is 10.9 Å². The molecule has 6 heteroatoms. The van der Waals surface area contributed by atoms with E-state index in [0.717, 1.165) is 0 Å². The van der Waals surface area contributed by atoms with Crippen LogP contribution in [0.3, 0.4) is 0 Å². The minimum Gasteiger partial charge on any atom is -0.466 e. The molecule has 0 radical (unpaired) electrons. The van der Waals surface area contributed by atoms with E-state index in [9.17, 15) is 9.59 Å². The van der Waals surface area contributed by atoms with Gasteiger partial charge in [0.05, 0.1) is 6.61 Å². The van der Waals surface area contributed by atoms with Gasteiger partial charge >= 0.3 is 12.1 Å². The molecule has 100 valence electrons. The van der Waals surface area contributed by atoms with Crippen LogP contribution in [0.1, 0.15) is 40.5 Å². The molecule has 0 aromatic rings. The van der Waals surface area contributed by atoms with Crippen molar-refractivity contribution in [3.63, 3.8) is 0 Å². The molecule has 0 bridgehead atoms. The predicted molar refractivity (Wildman–Crippen MR) is 63.2 cm³/mol. The minimum absolute atomic E-state index is 0.230. The third kappa shape index (κ3) is 11.0. The average Bonchev–Trinajstić information content (AvgIpc) is 2.14. The smallest absolute Gasteiger partial charge is 0.422 e. The Labute approximate surface area is 102 Å². The first-order valence-electron chi connectivity index (χ1n) is 5.72. The summed E-state index contributed by atoms with van der Waals surface area (Å²) in [5, 5.41) is 0. The van der Waals surface area contributed by atoms with E-state index >= 15 is 0 Å². The Balaban J connectivity index is 3.46. The van der Waals surface area contributed by atoms with Gasteiger partial charge in [0.2, 0.25) is 0 Å². The maximum Gasteiger partial charge on any atom is 0.422 e. The van der Waals surface area contributed by atoms with Crippen LogP contribution in [0.15, 0.2) is 0 Å². The lowest BCUT2D eigenvalue weighted by Gasteiger charge is -2.19. The Morgan fingerprint density at radius 1 is 1.24 bits per heavy atom. The highest BCUT2D eigenvalue weighted by molar-refractivity contribution is 5.69. The molecule has 0 aliphatic rings. The third-order valence-corrected chi connectivity index (χ3v) is 1.58. The molecule has 0 atom stereocenters. The van der Waals surface area contributed by atoms with Gasteiger partial charge in [0.15, 0.2) is 0 Å². The van der Waals surface area contributed by atoms with Crippen LogP contribution in [0.2, 0.25) is 0 Å². The Bertz CT molecular complexity index is 248. The van der Waals surface area contributed by atoms with E-state index in [-0.39, 0.29) is 5.97 Å². The molecule has 6 nitrogen and oxygen atoms in total. The third-order valence-electron chi connectivity index (χ3n) is 1.58. The molecule has 0 spiro atoms. The number of hydrazine groups is 1. The Morgan fingerprint density at radius 3 is 2.41 bits per heavy atom. The molecular weight excluding hydrogens is 224 g/mol. The Kier molecular flexibility index (Phi) is 7.29. The van der Waals surface area contributed by atoms with E-state index in [0.29, 0.717) is 26.0 Å². The molecule has 0 aliphatic heterocycles. The summed E-state index contributed by atoms with van der Waals surface area (Å²) in [6.07, 6.45) is 0.388. The fourth-order valence-corrected chi connectivity index (χ4v) is 0.993. The normalized spacial score (nSPS) is 10.8.